The van der Waals surface area contributed by atoms with Gasteiger partial charge < -0.3 is 9.80 Å². The number of aryl methyl sites for hydroxylation is 1. The van der Waals surface area contributed by atoms with Crippen LogP contribution < -0.4 is 10.6 Å². The predicted octanol–water partition coefficient (Wildman–Crippen LogP) is 2.99. The van der Waals surface area contributed by atoms with Crippen molar-refractivity contribution in [2.75, 3.05) is 31.1 Å². The Kier molecular flexibility index (Phi) is 6.15. The number of benzene rings is 1. The summed E-state index contributed by atoms with van der Waals surface area (Å²) < 4.78 is 5.11. The molecule has 9 nitrogen and oxygen atoms in total. The van der Waals surface area contributed by atoms with Crippen LogP contribution in [0.1, 0.15) is 20.8 Å². The minimum Gasteiger partial charge on any atom is -0.368 e. The SMILES string of the molecule is Cn1c(=O)n(CC(C)(C)C)c2ccc(-c3ccc(N4CCN(C(=O)Cn5cccn5)CC4)cc3)nc21. The molecule has 188 valence electrons. The van der Waals surface area contributed by atoms with Crippen LogP contribution in [0, 0.1) is 5.41 Å². The normalized spacial score (nSPS) is 14.6. The maximum atomic E-state index is 12.8. The molecule has 1 amide bonds. The van der Waals surface area contributed by atoms with Crippen LogP contribution in [0.3, 0.4) is 0 Å². The Labute approximate surface area is 210 Å². The number of aromatic nitrogens is 5. The zero-order valence-electron chi connectivity index (χ0n) is 21.4. The van der Waals surface area contributed by atoms with Crippen molar-refractivity contribution in [3.05, 3.63) is 65.3 Å². The fourth-order valence-corrected chi connectivity index (χ4v) is 4.75. The Hall–Kier alpha value is -3.88. The second-order valence-electron chi connectivity index (χ2n) is 10.6. The summed E-state index contributed by atoms with van der Waals surface area (Å²) in [6, 6.07) is 14.2. The van der Waals surface area contributed by atoms with Gasteiger partial charge in [-0.05, 0) is 35.7 Å². The van der Waals surface area contributed by atoms with Gasteiger partial charge in [-0.25, -0.2) is 9.78 Å². The van der Waals surface area contributed by atoms with Gasteiger partial charge in [-0.1, -0.05) is 32.9 Å². The predicted molar refractivity (Wildman–Crippen MR) is 141 cm³/mol. The minimum atomic E-state index is -0.0397. The van der Waals surface area contributed by atoms with Gasteiger partial charge in [-0.2, -0.15) is 5.10 Å². The fraction of sp³-hybridized carbons (Fsp3) is 0.407. The Balaban J connectivity index is 1.28. The molecule has 0 aliphatic carbocycles. The molecule has 1 aliphatic rings. The van der Waals surface area contributed by atoms with Gasteiger partial charge in [0, 0.05) is 63.4 Å². The van der Waals surface area contributed by atoms with E-state index in [-0.39, 0.29) is 23.6 Å². The van der Waals surface area contributed by atoms with Gasteiger partial charge in [0.1, 0.15) is 6.54 Å². The van der Waals surface area contributed by atoms with E-state index in [0.717, 1.165) is 35.6 Å². The van der Waals surface area contributed by atoms with Crippen molar-refractivity contribution in [3.63, 3.8) is 0 Å². The molecule has 1 aliphatic heterocycles. The van der Waals surface area contributed by atoms with Crippen LogP contribution in [0.15, 0.2) is 59.7 Å². The highest BCUT2D eigenvalue weighted by Crippen LogP contribution is 2.26. The molecule has 5 rings (SSSR count). The van der Waals surface area contributed by atoms with Crippen molar-refractivity contribution < 1.29 is 4.79 Å². The van der Waals surface area contributed by atoms with E-state index in [0.29, 0.717) is 25.3 Å². The highest BCUT2D eigenvalue weighted by atomic mass is 16.2. The van der Waals surface area contributed by atoms with E-state index in [1.807, 2.05) is 33.9 Å². The van der Waals surface area contributed by atoms with Crippen LogP contribution in [0.25, 0.3) is 22.4 Å². The molecule has 0 spiro atoms. The molecular weight excluding hydrogens is 454 g/mol. The molecule has 0 bridgehead atoms. The van der Waals surface area contributed by atoms with Crippen LogP contribution in [0.2, 0.25) is 0 Å². The zero-order valence-corrected chi connectivity index (χ0v) is 21.4. The average molecular weight is 488 g/mol. The lowest BCUT2D eigenvalue weighted by molar-refractivity contribution is -0.132. The summed E-state index contributed by atoms with van der Waals surface area (Å²) >= 11 is 0. The summed E-state index contributed by atoms with van der Waals surface area (Å²) in [5.41, 5.74) is 4.48. The number of hydrogen-bond acceptors (Lipinski definition) is 5. The second kappa shape index (κ2) is 9.29. The van der Waals surface area contributed by atoms with Gasteiger partial charge in [-0.3, -0.25) is 18.6 Å². The lowest BCUT2D eigenvalue weighted by Crippen LogP contribution is -2.49. The number of imidazole rings is 1. The van der Waals surface area contributed by atoms with E-state index in [1.165, 1.54) is 0 Å². The first kappa shape index (κ1) is 23.8. The number of anilines is 1. The quantitative estimate of drug-likeness (QED) is 0.432. The maximum absolute atomic E-state index is 12.8. The summed E-state index contributed by atoms with van der Waals surface area (Å²) in [4.78, 5) is 34.4. The van der Waals surface area contributed by atoms with Gasteiger partial charge >= 0.3 is 5.69 Å². The third kappa shape index (κ3) is 4.78. The summed E-state index contributed by atoms with van der Waals surface area (Å²) in [5.74, 6) is 0.0981. The minimum absolute atomic E-state index is 0.00877. The van der Waals surface area contributed by atoms with Crippen LogP contribution in [0.5, 0.6) is 0 Å². The molecule has 3 aromatic heterocycles. The largest absolute Gasteiger partial charge is 0.368 e. The van der Waals surface area contributed by atoms with Crippen molar-refractivity contribution >= 4 is 22.8 Å². The molecule has 0 unspecified atom stereocenters. The van der Waals surface area contributed by atoms with Crippen LogP contribution in [-0.4, -0.2) is 60.9 Å². The Morgan fingerprint density at radius 3 is 2.36 bits per heavy atom. The Bertz CT molecular complexity index is 1420. The van der Waals surface area contributed by atoms with Gasteiger partial charge in [-0.15, -0.1) is 0 Å². The molecule has 0 saturated carbocycles. The molecule has 9 heteroatoms. The number of amides is 1. The van der Waals surface area contributed by atoms with Crippen molar-refractivity contribution in [2.45, 2.75) is 33.9 Å². The summed E-state index contributed by atoms with van der Waals surface area (Å²) in [5, 5.41) is 4.12. The number of carbonyl (C=O) groups is 1. The fourth-order valence-electron chi connectivity index (χ4n) is 4.75. The zero-order chi connectivity index (χ0) is 25.4. The maximum Gasteiger partial charge on any atom is 0.330 e. The molecule has 1 aromatic carbocycles. The Morgan fingerprint density at radius 2 is 1.72 bits per heavy atom. The van der Waals surface area contributed by atoms with Gasteiger partial charge in [0.15, 0.2) is 5.65 Å². The lowest BCUT2D eigenvalue weighted by Gasteiger charge is -2.36. The monoisotopic (exact) mass is 487 g/mol. The lowest BCUT2D eigenvalue weighted by atomic mass is 9.97. The van der Waals surface area contributed by atoms with E-state index >= 15 is 0 Å². The van der Waals surface area contributed by atoms with Crippen molar-refractivity contribution in [1.29, 1.82) is 0 Å². The highest BCUT2D eigenvalue weighted by molar-refractivity contribution is 5.77. The Morgan fingerprint density at radius 1 is 1.00 bits per heavy atom. The van der Waals surface area contributed by atoms with E-state index in [9.17, 15) is 9.59 Å². The molecule has 0 atom stereocenters. The number of fused-ring (bicyclic) bond motifs is 1. The summed E-state index contributed by atoms with van der Waals surface area (Å²) in [7, 11) is 1.78. The standard InChI is InChI=1S/C27H33N7O2/c1-27(2,3)19-34-23-11-10-22(29-25(23)30(4)26(34)36)20-6-8-21(9-7-20)31-14-16-32(17-15-31)24(35)18-33-13-5-12-28-33/h5-13H,14-19H2,1-4H3. The molecule has 4 heterocycles. The summed E-state index contributed by atoms with van der Waals surface area (Å²) in [6.45, 7) is 10.3. The molecule has 0 N–H and O–H groups in total. The molecule has 36 heavy (non-hydrogen) atoms. The van der Waals surface area contributed by atoms with Gasteiger partial charge in [0.05, 0.1) is 11.2 Å². The number of piperazine rings is 1. The van der Waals surface area contributed by atoms with E-state index in [2.05, 4.69) is 55.0 Å². The molecule has 1 fully saturated rings. The number of pyridine rings is 1. The highest BCUT2D eigenvalue weighted by Gasteiger charge is 2.22. The first-order chi connectivity index (χ1) is 17.2. The van der Waals surface area contributed by atoms with Gasteiger partial charge in [0.25, 0.3) is 0 Å². The third-order valence-corrected chi connectivity index (χ3v) is 6.63. The van der Waals surface area contributed by atoms with Crippen LogP contribution >= 0.6 is 0 Å². The molecular formula is C27H33N7O2. The number of hydrogen-bond donors (Lipinski definition) is 0. The van der Waals surface area contributed by atoms with E-state index < -0.39 is 0 Å². The molecule has 0 radical (unpaired) electrons. The van der Waals surface area contributed by atoms with Crippen molar-refractivity contribution in [2.24, 2.45) is 12.5 Å². The smallest absolute Gasteiger partial charge is 0.330 e. The number of rotatable bonds is 5. The van der Waals surface area contributed by atoms with E-state index in [1.54, 1.807) is 22.5 Å². The first-order valence-corrected chi connectivity index (χ1v) is 12.4. The first-order valence-electron chi connectivity index (χ1n) is 12.4. The summed E-state index contributed by atoms with van der Waals surface area (Å²) in [6.07, 6.45) is 3.50. The van der Waals surface area contributed by atoms with Crippen LogP contribution in [0.4, 0.5) is 5.69 Å². The van der Waals surface area contributed by atoms with Crippen molar-refractivity contribution in [3.8, 4) is 11.3 Å². The third-order valence-electron chi connectivity index (χ3n) is 6.63. The number of carbonyl (C=O) groups excluding carboxylic acids is 1. The second-order valence-corrected chi connectivity index (χ2v) is 10.6. The number of nitrogens with zero attached hydrogens (tertiary/aromatic N) is 7. The van der Waals surface area contributed by atoms with E-state index in [4.69, 9.17) is 4.98 Å². The topological polar surface area (TPSA) is 81.2 Å². The molecule has 1 saturated heterocycles. The van der Waals surface area contributed by atoms with Gasteiger partial charge in [0.2, 0.25) is 5.91 Å². The average Bonchev–Trinajstić information content (AvgIpc) is 3.46. The molecule has 4 aromatic rings. The van der Waals surface area contributed by atoms with Crippen molar-refractivity contribution in [1.82, 2.24) is 28.8 Å². The van der Waals surface area contributed by atoms with Crippen LogP contribution in [-0.2, 0) is 24.9 Å².